The van der Waals surface area contributed by atoms with E-state index in [0.717, 1.165) is 19.9 Å². The summed E-state index contributed by atoms with van der Waals surface area (Å²) in [4.78, 5) is 12.0. The molecule has 0 saturated carbocycles. The fraction of sp³-hybridized carbons (Fsp3) is 0. The van der Waals surface area contributed by atoms with E-state index >= 15 is 0 Å². The van der Waals surface area contributed by atoms with Crippen LogP contribution in [0.1, 0.15) is 0 Å². The Hall–Kier alpha value is -1.39. The summed E-state index contributed by atoms with van der Waals surface area (Å²) in [7, 11) is 0. The van der Waals surface area contributed by atoms with Gasteiger partial charge in [-0.15, -0.1) is 0 Å². The average molecular weight is 380 g/mol. The minimum atomic E-state index is -0.322. The number of hydrogen-bond donors (Lipinski definition) is 0. The molecule has 19 heavy (non-hydrogen) atoms. The standard InChI is InChI=1S/C15H8Br2O2/c16-11-3-1-9(2-4-11)13-8-10-7-12(17)5-6-14(10)19-15(13)18/h1-8H. The van der Waals surface area contributed by atoms with Gasteiger partial charge >= 0.3 is 5.63 Å². The molecule has 2 nitrogen and oxygen atoms in total. The molecule has 1 heterocycles. The van der Waals surface area contributed by atoms with E-state index in [1.165, 1.54) is 0 Å². The van der Waals surface area contributed by atoms with Gasteiger partial charge in [0, 0.05) is 14.3 Å². The fourth-order valence-electron chi connectivity index (χ4n) is 1.92. The maximum Gasteiger partial charge on any atom is 0.344 e. The average Bonchev–Trinajstić information content (AvgIpc) is 2.40. The topological polar surface area (TPSA) is 30.2 Å². The van der Waals surface area contributed by atoms with Crippen LogP contribution in [-0.4, -0.2) is 0 Å². The highest BCUT2D eigenvalue weighted by molar-refractivity contribution is 9.10. The van der Waals surface area contributed by atoms with Crippen LogP contribution >= 0.6 is 31.9 Å². The van der Waals surface area contributed by atoms with Gasteiger partial charge in [0.2, 0.25) is 0 Å². The number of fused-ring (bicyclic) bond motifs is 1. The summed E-state index contributed by atoms with van der Waals surface area (Å²) in [6, 6.07) is 15.0. The maximum absolute atomic E-state index is 12.0. The second-order valence-electron chi connectivity index (χ2n) is 4.14. The molecule has 0 fully saturated rings. The highest BCUT2D eigenvalue weighted by Crippen LogP contribution is 2.24. The Morgan fingerprint density at radius 2 is 1.53 bits per heavy atom. The Morgan fingerprint density at radius 3 is 2.26 bits per heavy atom. The summed E-state index contributed by atoms with van der Waals surface area (Å²) in [6.07, 6.45) is 0. The fourth-order valence-corrected chi connectivity index (χ4v) is 2.57. The predicted molar refractivity (Wildman–Crippen MR) is 83.3 cm³/mol. The van der Waals surface area contributed by atoms with Crippen molar-refractivity contribution in [2.45, 2.75) is 0 Å². The van der Waals surface area contributed by atoms with E-state index < -0.39 is 0 Å². The predicted octanol–water partition coefficient (Wildman–Crippen LogP) is 4.99. The molecule has 0 spiro atoms. The third-order valence-electron chi connectivity index (χ3n) is 2.85. The van der Waals surface area contributed by atoms with Gasteiger partial charge in [-0.1, -0.05) is 44.0 Å². The second-order valence-corrected chi connectivity index (χ2v) is 5.97. The van der Waals surface area contributed by atoms with Crippen LogP contribution < -0.4 is 5.63 Å². The Labute approximate surface area is 126 Å². The zero-order valence-electron chi connectivity index (χ0n) is 9.69. The lowest BCUT2D eigenvalue weighted by atomic mass is 10.1. The van der Waals surface area contributed by atoms with Crippen molar-refractivity contribution >= 4 is 42.8 Å². The van der Waals surface area contributed by atoms with Crippen LogP contribution in [0.15, 0.2) is 66.7 Å². The highest BCUT2D eigenvalue weighted by Gasteiger charge is 2.07. The third kappa shape index (κ3) is 2.51. The van der Waals surface area contributed by atoms with E-state index in [1.54, 1.807) is 6.07 Å². The molecule has 4 heteroatoms. The van der Waals surface area contributed by atoms with E-state index in [1.807, 2.05) is 42.5 Å². The van der Waals surface area contributed by atoms with Gasteiger partial charge in [-0.25, -0.2) is 4.79 Å². The van der Waals surface area contributed by atoms with Crippen molar-refractivity contribution in [2.24, 2.45) is 0 Å². The molecule has 0 radical (unpaired) electrons. The molecule has 0 bridgehead atoms. The first kappa shape index (κ1) is 12.6. The molecule has 0 N–H and O–H groups in total. The van der Waals surface area contributed by atoms with Gasteiger partial charge in [-0.05, 0) is 42.0 Å². The second kappa shape index (κ2) is 4.94. The molecule has 0 saturated heterocycles. The molecule has 0 amide bonds. The van der Waals surface area contributed by atoms with Gasteiger partial charge < -0.3 is 4.42 Å². The lowest BCUT2D eigenvalue weighted by molar-refractivity contribution is 0.563. The summed E-state index contributed by atoms with van der Waals surface area (Å²) in [5, 5.41) is 0.895. The monoisotopic (exact) mass is 378 g/mol. The van der Waals surface area contributed by atoms with Gasteiger partial charge in [0.25, 0.3) is 0 Å². The van der Waals surface area contributed by atoms with Crippen molar-refractivity contribution in [3.05, 3.63) is 67.9 Å². The van der Waals surface area contributed by atoms with Crippen molar-refractivity contribution in [1.82, 2.24) is 0 Å². The molecule has 3 aromatic rings. The van der Waals surface area contributed by atoms with E-state index in [4.69, 9.17) is 4.42 Å². The third-order valence-corrected chi connectivity index (χ3v) is 3.87. The molecule has 1 aromatic heterocycles. The number of benzene rings is 2. The van der Waals surface area contributed by atoms with Gasteiger partial charge in [-0.2, -0.15) is 0 Å². The van der Waals surface area contributed by atoms with E-state index in [9.17, 15) is 4.79 Å². The summed E-state index contributed by atoms with van der Waals surface area (Å²) in [5.74, 6) is 0. The Bertz CT molecular complexity index is 804. The summed E-state index contributed by atoms with van der Waals surface area (Å²) >= 11 is 6.79. The molecule has 0 unspecified atom stereocenters. The van der Waals surface area contributed by atoms with Crippen LogP contribution in [0.25, 0.3) is 22.1 Å². The molecule has 2 aromatic carbocycles. The lowest BCUT2D eigenvalue weighted by Crippen LogP contribution is -2.02. The minimum Gasteiger partial charge on any atom is -0.422 e. The van der Waals surface area contributed by atoms with Crippen LogP contribution in [0, 0.1) is 0 Å². The molecule has 94 valence electrons. The van der Waals surface area contributed by atoms with Gasteiger partial charge in [0.05, 0.1) is 5.56 Å². The van der Waals surface area contributed by atoms with Crippen LogP contribution in [0.3, 0.4) is 0 Å². The van der Waals surface area contributed by atoms with E-state index in [-0.39, 0.29) is 5.63 Å². The molecule has 0 aliphatic rings. The van der Waals surface area contributed by atoms with Crippen LogP contribution in [-0.2, 0) is 0 Å². The quantitative estimate of drug-likeness (QED) is 0.558. The Balaban J connectivity index is 2.26. The van der Waals surface area contributed by atoms with Crippen molar-refractivity contribution < 1.29 is 4.42 Å². The number of halogens is 2. The van der Waals surface area contributed by atoms with Crippen molar-refractivity contribution in [3.8, 4) is 11.1 Å². The molecular formula is C15H8Br2O2. The van der Waals surface area contributed by atoms with Crippen molar-refractivity contribution in [1.29, 1.82) is 0 Å². The summed E-state index contributed by atoms with van der Waals surface area (Å²) < 4.78 is 7.27. The van der Waals surface area contributed by atoms with Crippen molar-refractivity contribution in [3.63, 3.8) is 0 Å². The van der Waals surface area contributed by atoms with Gasteiger partial charge in [0.15, 0.2) is 0 Å². The van der Waals surface area contributed by atoms with E-state index in [0.29, 0.717) is 11.1 Å². The Morgan fingerprint density at radius 1 is 0.842 bits per heavy atom. The maximum atomic E-state index is 12.0. The van der Waals surface area contributed by atoms with Gasteiger partial charge in [0.1, 0.15) is 5.58 Å². The van der Waals surface area contributed by atoms with E-state index in [2.05, 4.69) is 31.9 Å². The lowest BCUT2D eigenvalue weighted by Gasteiger charge is -2.03. The Kier molecular flexibility index (Phi) is 3.29. The summed E-state index contributed by atoms with van der Waals surface area (Å²) in [5.41, 5.74) is 1.68. The number of hydrogen-bond acceptors (Lipinski definition) is 2. The SMILES string of the molecule is O=c1oc2ccc(Br)cc2cc1-c1ccc(Br)cc1. The molecule has 0 atom stereocenters. The number of rotatable bonds is 1. The van der Waals surface area contributed by atoms with Crippen LogP contribution in [0.4, 0.5) is 0 Å². The molecule has 3 rings (SSSR count). The van der Waals surface area contributed by atoms with Crippen molar-refractivity contribution in [2.75, 3.05) is 0 Å². The molecule has 0 aliphatic carbocycles. The normalized spacial score (nSPS) is 10.8. The highest BCUT2D eigenvalue weighted by atomic mass is 79.9. The first-order valence-corrected chi connectivity index (χ1v) is 7.21. The molecule has 0 aliphatic heterocycles. The van der Waals surface area contributed by atoms with Gasteiger partial charge in [-0.3, -0.25) is 0 Å². The first-order chi connectivity index (χ1) is 9.13. The zero-order valence-corrected chi connectivity index (χ0v) is 12.9. The van der Waals surface area contributed by atoms with Crippen LogP contribution in [0.5, 0.6) is 0 Å². The smallest absolute Gasteiger partial charge is 0.344 e. The summed E-state index contributed by atoms with van der Waals surface area (Å²) in [6.45, 7) is 0. The first-order valence-electron chi connectivity index (χ1n) is 5.63. The molecular weight excluding hydrogens is 372 g/mol. The largest absolute Gasteiger partial charge is 0.422 e. The van der Waals surface area contributed by atoms with Crippen LogP contribution in [0.2, 0.25) is 0 Å². The minimum absolute atomic E-state index is 0.322. The zero-order chi connectivity index (χ0) is 13.4.